The highest BCUT2D eigenvalue weighted by molar-refractivity contribution is 9.09. The van der Waals surface area contributed by atoms with Crippen LogP contribution in [0.1, 0.15) is 24.0 Å². The number of aromatic amines is 1. The summed E-state index contributed by atoms with van der Waals surface area (Å²) in [6.45, 7) is 3.99. The van der Waals surface area contributed by atoms with Gasteiger partial charge in [-0.15, -0.1) is 0 Å². The number of nitrogens with zero attached hydrogens (tertiary/aromatic N) is 1. The van der Waals surface area contributed by atoms with Gasteiger partial charge >= 0.3 is 0 Å². The molecule has 5 heteroatoms. The Balaban J connectivity index is 2.43. The van der Waals surface area contributed by atoms with Gasteiger partial charge in [-0.25, -0.2) is 4.68 Å². The van der Waals surface area contributed by atoms with Crippen LogP contribution in [0.5, 0.6) is 0 Å². The molecule has 0 amide bonds. The summed E-state index contributed by atoms with van der Waals surface area (Å²) < 4.78 is 1.46. The zero-order valence-electron chi connectivity index (χ0n) is 9.47. The third kappa shape index (κ3) is 1.88. The fourth-order valence-electron chi connectivity index (χ4n) is 1.75. The van der Waals surface area contributed by atoms with Crippen LogP contribution in [0.15, 0.2) is 9.59 Å². The maximum absolute atomic E-state index is 11.9. The lowest BCUT2D eigenvalue weighted by atomic mass is 10.1. The average molecular weight is 287 g/mol. The Labute approximate surface area is 102 Å². The Kier molecular flexibility index (Phi) is 2.82. The second-order valence-electron chi connectivity index (χ2n) is 4.72. The third-order valence-electron chi connectivity index (χ3n) is 3.44. The molecule has 0 bridgehead atoms. The van der Waals surface area contributed by atoms with Gasteiger partial charge in [0.15, 0.2) is 0 Å². The third-order valence-corrected chi connectivity index (χ3v) is 4.63. The van der Waals surface area contributed by atoms with Crippen LogP contribution in [-0.4, -0.2) is 15.1 Å². The number of hydrogen-bond acceptors (Lipinski definition) is 2. The van der Waals surface area contributed by atoms with Crippen molar-refractivity contribution in [1.82, 2.24) is 9.78 Å². The maximum atomic E-state index is 11.9. The molecule has 1 aliphatic carbocycles. The first-order chi connectivity index (χ1) is 7.49. The van der Waals surface area contributed by atoms with E-state index in [4.69, 9.17) is 0 Å². The molecule has 1 fully saturated rings. The molecule has 0 radical (unpaired) electrons. The van der Waals surface area contributed by atoms with Gasteiger partial charge in [0.2, 0.25) is 0 Å². The van der Waals surface area contributed by atoms with Gasteiger partial charge in [-0.2, -0.15) is 0 Å². The Hall–Kier alpha value is -0.840. The van der Waals surface area contributed by atoms with Crippen molar-refractivity contribution in [2.24, 2.45) is 5.41 Å². The molecule has 1 N–H and O–H groups in total. The van der Waals surface area contributed by atoms with Crippen molar-refractivity contribution in [2.45, 2.75) is 33.2 Å². The van der Waals surface area contributed by atoms with Crippen molar-refractivity contribution in [3.8, 4) is 0 Å². The molecule has 0 atom stereocenters. The lowest BCUT2D eigenvalue weighted by Gasteiger charge is -2.14. The van der Waals surface area contributed by atoms with Crippen molar-refractivity contribution in [3.63, 3.8) is 0 Å². The molecular formula is C11H15BrN2O2. The van der Waals surface area contributed by atoms with E-state index in [1.165, 1.54) is 4.68 Å². The highest BCUT2D eigenvalue weighted by Crippen LogP contribution is 2.48. The normalized spacial score (nSPS) is 17.4. The van der Waals surface area contributed by atoms with Crippen LogP contribution >= 0.6 is 15.9 Å². The molecular weight excluding hydrogens is 272 g/mol. The van der Waals surface area contributed by atoms with E-state index in [1.54, 1.807) is 13.8 Å². The molecule has 0 unspecified atom stereocenters. The molecule has 1 aromatic rings. The SMILES string of the molecule is Cc1c(C)c(=O)n(CC2(CBr)CC2)[nH]c1=O. The van der Waals surface area contributed by atoms with E-state index in [9.17, 15) is 9.59 Å². The first-order valence-electron chi connectivity index (χ1n) is 5.35. The number of hydrogen-bond donors (Lipinski definition) is 1. The zero-order chi connectivity index (χ0) is 11.9. The van der Waals surface area contributed by atoms with Crippen LogP contribution in [0.3, 0.4) is 0 Å². The Bertz CT molecular complexity index is 526. The van der Waals surface area contributed by atoms with Gasteiger partial charge in [0.25, 0.3) is 11.1 Å². The Morgan fingerprint density at radius 1 is 1.31 bits per heavy atom. The fraction of sp³-hybridized carbons (Fsp3) is 0.636. The number of H-pyrrole nitrogens is 1. The minimum absolute atomic E-state index is 0.0793. The minimum Gasteiger partial charge on any atom is -0.268 e. The van der Waals surface area contributed by atoms with Crippen LogP contribution in [0, 0.1) is 19.3 Å². The number of rotatable bonds is 3. The van der Waals surface area contributed by atoms with Crippen LogP contribution in [0.4, 0.5) is 0 Å². The van der Waals surface area contributed by atoms with E-state index in [2.05, 4.69) is 21.0 Å². The van der Waals surface area contributed by atoms with Crippen molar-refractivity contribution in [3.05, 3.63) is 31.8 Å². The summed E-state index contributed by atoms with van der Waals surface area (Å²) >= 11 is 3.46. The van der Waals surface area contributed by atoms with Gasteiger partial charge in [-0.05, 0) is 32.1 Å². The van der Waals surface area contributed by atoms with Crippen molar-refractivity contribution < 1.29 is 0 Å². The predicted octanol–water partition coefficient (Wildman–Crippen LogP) is 1.33. The smallest absolute Gasteiger partial charge is 0.268 e. The van der Waals surface area contributed by atoms with E-state index in [1.807, 2.05) is 0 Å². The van der Waals surface area contributed by atoms with Gasteiger partial charge in [0, 0.05) is 23.0 Å². The molecule has 1 aliphatic rings. The number of alkyl halides is 1. The lowest BCUT2D eigenvalue weighted by molar-refractivity contribution is 0.420. The van der Waals surface area contributed by atoms with Crippen molar-refractivity contribution in [1.29, 1.82) is 0 Å². The number of nitrogens with one attached hydrogen (secondary N) is 1. The van der Waals surface area contributed by atoms with E-state index in [0.29, 0.717) is 17.7 Å². The van der Waals surface area contributed by atoms with E-state index in [0.717, 1.165) is 18.2 Å². The molecule has 1 heterocycles. The summed E-state index contributed by atoms with van der Waals surface area (Å²) in [4.78, 5) is 23.5. The molecule has 0 aliphatic heterocycles. The second kappa shape index (κ2) is 3.87. The molecule has 2 rings (SSSR count). The monoisotopic (exact) mass is 286 g/mol. The summed E-state index contributed by atoms with van der Waals surface area (Å²) in [6.07, 6.45) is 2.22. The largest absolute Gasteiger partial charge is 0.268 e. The van der Waals surface area contributed by atoms with Gasteiger partial charge in [0.1, 0.15) is 0 Å². The highest BCUT2D eigenvalue weighted by atomic mass is 79.9. The standard InChI is InChI=1S/C11H15BrN2O2/c1-7-8(2)10(16)14(13-9(7)15)6-11(5-12)3-4-11/h3-6H2,1-2H3,(H,13,15). The molecule has 0 aromatic carbocycles. The van der Waals surface area contributed by atoms with Crippen molar-refractivity contribution >= 4 is 15.9 Å². The zero-order valence-corrected chi connectivity index (χ0v) is 11.1. The van der Waals surface area contributed by atoms with Gasteiger partial charge < -0.3 is 0 Å². The fourth-order valence-corrected chi connectivity index (χ4v) is 2.49. The molecule has 88 valence electrons. The summed E-state index contributed by atoms with van der Waals surface area (Å²) in [7, 11) is 0. The van der Waals surface area contributed by atoms with E-state index in [-0.39, 0.29) is 16.5 Å². The Morgan fingerprint density at radius 3 is 2.44 bits per heavy atom. The first-order valence-corrected chi connectivity index (χ1v) is 6.47. The van der Waals surface area contributed by atoms with E-state index >= 15 is 0 Å². The van der Waals surface area contributed by atoms with Gasteiger partial charge in [-0.3, -0.25) is 14.7 Å². The van der Waals surface area contributed by atoms with Crippen LogP contribution < -0.4 is 11.1 Å². The first kappa shape index (κ1) is 11.6. The number of halogens is 1. The molecule has 4 nitrogen and oxygen atoms in total. The molecule has 0 saturated heterocycles. The summed E-state index contributed by atoms with van der Waals surface area (Å²) in [6, 6.07) is 0. The van der Waals surface area contributed by atoms with E-state index < -0.39 is 0 Å². The topological polar surface area (TPSA) is 54.9 Å². The second-order valence-corrected chi connectivity index (χ2v) is 5.28. The van der Waals surface area contributed by atoms with Crippen LogP contribution in [0.25, 0.3) is 0 Å². The van der Waals surface area contributed by atoms with Crippen LogP contribution in [0.2, 0.25) is 0 Å². The highest BCUT2D eigenvalue weighted by Gasteiger charge is 2.42. The summed E-state index contributed by atoms with van der Waals surface area (Å²) in [5.41, 5.74) is 1.000. The molecule has 16 heavy (non-hydrogen) atoms. The summed E-state index contributed by atoms with van der Waals surface area (Å²) in [5, 5.41) is 3.52. The number of aromatic nitrogens is 2. The quantitative estimate of drug-likeness (QED) is 0.853. The minimum atomic E-state index is -0.164. The van der Waals surface area contributed by atoms with Crippen LogP contribution in [-0.2, 0) is 6.54 Å². The molecule has 0 spiro atoms. The molecule has 1 saturated carbocycles. The maximum Gasteiger partial charge on any atom is 0.268 e. The molecule has 1 aromatic heterocycles. The Morgan fingerprint density at radius 2 is 1.94 bits per heavy atom. The average Bonchev–Trinajstić information content (AvgIpc) is 3.04. The summed E-state index contributed by atoms with van der Waals surface area (Å²) in [5.74, 6) is 0. The predicted molar refractivity (Wildman–Crippen MR) is 66.3 cm³/mol. The van der Waals surface area contributed by atoms with Gasteiger partial charge in [-0.1, -0.05) is 15.9 Å². The van der Waals surface area contributed by atoms with Crippen molar-refractivity contribution in [2.75, 3.05) is 5.33 Å². The lowest BCUT2D eigenvalue weighted by Crippen LogP contribution is -2.35. The van der Waals surface area contributed by atoms with Gasteiger partial charge in [0.05, 0.1) is 0 Å².